The highest BCUT2D eigenvalue weighted by Crippen LogP contribution is 2.36. The first-order chi connectivity index (χ1) is 10.2. The fourth-order valence-electron chi connectivity index (χ4n) is 2.09. The van der Waals surface area contributed by atoms with Crippen LogP contribution in [0.25, 0.3) is 11.1 Å². The number of nitrogen functional groups attached to an aromatic ring is 1. The molecule has 4 nitrogen and oxygen atoms in total. The van der Waals surface area contributed by atoms with E-state index in [-0.39, 0.29) is 0 Å². The molecule has 0 aliphatic heterocycles. The van der Waals surface area contributed by atoms with Gasteiger partial charge in [-0.05, 0) is 35.6 Å². The Morgan fingerprint density at radius 1 is 1.14 bits per heavy atom. The average Bonchev–Trinajstić information content (AvgIpc) is 2.88. The van der Waals surface area contributed by atoms with Crippen molar-refractivity contribution in [2.24, 2.45) is 0 Å². The SMILES string of the molecule is Cc1ccc(CNc2snc(N)c2-c2ccccc2)cn1. The Bertz CT molecular complexity index is 720. The summed E-state index contributed by atoms with van der Waals surface area (Å²) in [5.41, 5.74) is 10.2. The predicted octanol–water partition coefficient (Wildman–Crippen LogP) is 3.71. The van der Waals surface area contributed by atoms with Gasteiger partial charge in [-0.15, -0.1) is 0 Å². The van der Waals surface area contributed by atoms with Crippen molar-refractivity contribution in [2.45, 2.75) is 13.5 Å². The Labute approximate surface area is 127 Å². The van der Waals surface area contributed by atoms with Gasteiger partial charge >= 0.3 is 0 Å². The van der Waals surface area contributed by atoms with E-state index in [0.29, 0.717) is 12.4 Å². The van der Waals surface area contributed by atoms with Crippen molar-refractivity contribution in [2.75, 3.05) is 11.1 Å². The molecular weight excluding hydrogens is 280 g/mol. The highest BCUT2D eigenvalue weighted by molar-refractivity contribution is 7.11. The van der Waals surface area contributed by atoms with Gasteiger partial charge in [-0.3, -0.25) is 4.98 Å². The van der Waals surface area contributed by atoms with E-state index in [0.717, 1.165) is 27.4 Å². The molecule has 0 radical (unpaired) electrons. The topological polar surface area (TPSA) is 63.8 Å². The minimum atomic E-state index is 0.565. The molecule has 0 saturated heterocycles. The summed E-state index contributed by atoms with van der Waals surface area (Å²) < 4.78 is 4.26. The number of benzene rings is 1. The van der Waals surface area contributed by atoms with Crippen LogP contribution in [0.2, 0.25) is 0 Å². The van der Waals surface area contributed by atoms with Gasteiger partial charge in [0.25, 0.3) is 0 Å². The van der Waals surface area contributed by atoms with Crippen LogP contribution in [0.5, 0.6) is 0 Å². The fraction of sp³-hybridized carbons (Fsp3) is 0.125. The Morgan fingerprint density at radius 2 is 1.95 bits per heavy atom. The Hall–Kier alpha value is -2.40. The number of nitrogens with zero attached hydrogens (tertiary/aromatic N) is 2. The van der Waals surface area contributed by atoms with Crippen molar-refractivity contribution in [1.29, 1.82) is 0 Å². The van der Waals surface area contributed by atoms with Crippen LogP contribution in [0.15, 0.2) is 48.7 Å². The van der Waals surface area contributed by atoms with E-state index in [1.807, 2.05) is 49.5 Å². The first-order valence-electron chi connectivity index (χ1n) is 6.70. The summed E-state index contributed by atoms with van der Waals surface area (Å²) in [6.45, 7) is 2.68. The van der Waals surface area contributed by atoms with Crippen LogP contribution >= 0.6 is 11.5 Å². The second-order valence-corrected chi connectivity index (χ2v) is 5.57. The second kappa shape index (κ2) is 5.93. The van der Waals surface area contributed by atoms with Crippen molar-refractivity contribution in [3.63, 3.8) is 0 Å². The van der Waals surface area contributed by atoms with Gasteiger partial charge in [-0.25, -0.2) is 0 Å². The van der Waals surface area contributed by atoms with Crippen LogP contribution in [0.1, 0.15) is 11.3 Å². The van der Waals surface area contributed by atoms with E-state index in [9.17, 15) is 0 Å². The number of aromatic nitrogens is 2. The molecule has 0 amide bonds. The smallest absolute Gasteiger partial charge is 0.147 e. The monoisotopic (exact) mass is 296 g/mol. The zero-order valence-electron chi connectivity index (χ0n) is 11.7. The summed E-state index contributed by atoms with van der Waals surface area (Å²) in [7, 11) is 0. The molecule has 0 aliphatic carbocycles. The Balaban J connectivity index is 1.82. The third-order valence-electron chi connectivity index (χ3n) is 3.21. The van der Waals surface area contributed by atoms with Gasteiger partial charge in [0.15, 0.2) is 0 Å². The molecule has 0 spiro atoms. The predicted molar refractivity (Wildman–Crippen MR) is 88.3 cm³/mol. The molecule has 106 valence electrons. The van der Waals surface area contributed by atoms with Crippen LogP contribution in [-0.2, 0) is 6.54 Å². The maximum Gasteiger partial charge on any atom is 0.147 e. The zero-order valence-corrected chi connectivity index (χ0v) is 12.5. The number of hydrogen-bond donors (Lipinski definition) is 2. The van der Waals surface area contributed by atoms with E-state index >= 15 is 0 Å². The number of aryl methyl sites for hydroxylation is 1. The molecule has 0 aliphatic rings. The fourth-order valence-corrected chi connectivity index (χ4v) is 2.82. The molecule has 3 aromatic rings. The third-order valence-corrected chi connectivity index (χ3v) is 4.03. The first kappa shape index (κ1) is 13.6. The number of nitrogens with two attached hydrogens (primary N) is 1. The molecule has 21 heavy (non-hydrogen) atoms. The minimum absolute atomic E-state index is 0.565. The van der Waals surface area contributed by atoms with E-state index in [2.05, 4.69) is 20.7 Å². The van der Waals surface area contributed by atoms with Crippen LogP contribution in [0.4, 0.5) is 10.8 Å². The highest BCUT2D eigenvalue weighted by atomic mass is 32.1. The van der Waals surface area contributed by atoms with Gasteiger partial charge in [0.1, 0.15) is 10.8 Å². The second-order valence-electron chi connectivity index (χ2n) is 4.80. The lowest BCUT2D eigenvalue weighted by atomic mass is 10.1. The molecule has 2 aromatic heterocycles. The number of anilines is 2. The summed E-state index contributed by atoms with van der Waals surface area (Å²) in [5, 5.41) is 4.39. The molecule has 3 rings (SSSR count). The lowest BCUT2D eigenvalue weighted by Gasteiger charge is -2.07. The van der Waals surface area contributed by atoms with E-state index in [1.165, 1.54) is 11.5 Å². The van der Waals surface area contributed by atoms with Crippen molar-refractivity contribution in [3.8, 4) is 11.1 Å². The molecule has 0 saturated carbocycles. The van der Waals surface area contributed by atoms with Crippen molar-refractivity contribution in [1.82, 2.24) is 9.36 Å². The summed E-state index contributed by atoms with van der Waals surface area (Å²) in [6.07, 6.45) is 1.88. The number of pyridine rings is 1. The Morgan fingerprint density at radius 3 is 2.67 bits per heavy atom. The normalized spacial score (nSPS) is 10.5. The van der Waals surface area contributed by atoms with Gasteiger partial charge in [0.05, 0.1) is 5.56 Å². The van der Waals surface area contributed by atoms with Gasteiger partial charge in [0, 0.05) is 18.4 Å². The van der Waals surface area contributed by atoms with E-state index in [4.69, 9.17) is 5.73 Å². The van der Waals surface area contributed by atoms with Gasteiger partial charge in [-0.1, -0.05) is 36.4 Å². The molecule has 0 atom stereocenters. The maximum absolute atomic E-state index is 6.01. The van der Waals surface area contributed by atoms with Crippen molar-refractivity contribution >= 4 is 22.4 Å². The number of hydrogen-bond acceptors (Lipinski definition) is 5. The zero-order chi connectivity index (χ0) is 14.7. The molecule has 3 N–H and O–H groups in total. The molecule has 0 bridgehead atoms. The van der Waals surface area contributed by atoms with Crippen LogP contribution in [0, 0.1) is 6.92 Å². The quantitative estimate of drug-likeness (QED) is 0.770. The molecule has 0 unspecified atom stereocenters. The van der Waals surface area contributed by atoms with Crippen molar-refractivity contribution < 1.29 is 0 Å². The summed E-state index contributed by atoms with van der Waals surface area (Å²) in [5.74, 6) is 0.565. The molecule has 2 heterocycles. The van der Waals surface area contributed by atoms with E-state index in [1.54, 1.807) is 0 Å². The minimum Gasteiger partial charge on any atom is -0.382 e. The highest BCUT2D eigenvalue weighted by Gasteiger charge is 2.13. The summed E-state index contributed by atoms with van der Waals surface area (Å²) >= 11 is 1.39. The maximum atomic E-state index is 6.01. The van der Waals surface area contributed by atoms with Crippen LogP contribution in [-0.4, -0.2) is 9.36 Å². The molecule has 0 fully saturated rings. The largest absolute Gasteiger partial charge is 0.382 e. The molecule has 1 aromatic carbocycles. The number of rotatable bonds is 4. The van der Waals surface area contributed by atoms with Crippen molar-refractivity contribution in [3.05, 3.63) is 59.9 Å². The van der Waals surface area contributed by atoms with Crippen LogP contribution in [0.3, 0.4) is 0 Å². The van der Waals surface area contributed by atoms with E-state index < -0.39 is 0 Å². The summed E-state index contributed by atoms with van der Waals surface area (Å²) in [4.78, 5) is 4.30. The number of nitrogens with one attached hydrogen (secondary N) is 1. The molecule has 5 heteroatoms. The van der Waals surface area contributed by atoms with Gasteiger partial charge in [0.2, 0.25) is 0 Å². The lowest BCUT2D eigenvalue weighted by molar-refractivity contribution is 1.09. The van der Waals surface area contributed by atoms with Gasteiger partial charge < -0.3 is 11.1 Å². The third kappa shape index (κ3) is 3.03. The first-order valence-corrected chi connectivity index (χ1v) is 7.47. The summed E-state index contributed by atoms with van der Waals surface area (Å²) in [6, 6.07) is 14.2. The molecular formula is C16H16N4S. The Kier molecular flexibility index (Phi) is 3.83. The van der Waals surface area contributed by atoms with Crippen LogP contribution < -0.4 is 11.1 Å². The lowest BCUT2D eigenvalue weighted by Crippen LogP contribution is -2.00. The average molecular weight is 296 g/mol. The van der Waals surface area contributed by atoms with Gasteiger partial charge in [-0.2, -0.15) is 4.37 Å². The standard InChI is InChI=1S/C16H16N4S/c1-11-7-8-12(9-18-11)10-19-16-14(15(17)20-21-16)13-5-3-2-4-6-13/h2-9,19H,10H2,1H3,(H2,17,20).